The second kappa shape index (κ2) is 9.19. The molecule has 2 N–H and O–H groups in total. The van der Waals surface area contributed by atoms with Crippen LogP contribution in [0.1, 0.15) is 5.56 Å². The van der Waals surface area contributed by atoms with Gasteiger partial charge >= 0.3 is 0 Å². The first-order chi connectivity index (χ1) is 16.8. The van der Waals surface area contributed by atoms with Crippen LogP contribution in [-0.4, -0.2) is 70.1 Å². The minimum atomic E-state index is -3.94. The maximum atomic E-state index is 13.6. The number of rotatable bonds is 5. The van der Waals surface area contributed by atoms with Crippen LogP contribution >= 0.6 is 11.6 Å². The predicted octanol–water partition coefficient (Wildman–Crippen LogP) is 2.95. The van der Waals surface area contributed by atoms with Gasteiger partial charge in [-0.15, -0.1) is 0 Å². The van der Waals surface area contributed by atoms with Gasteiger partial charge in [-0.25, -0.2) is 12.4 Å². The first kappa shape index (κ1) is 23.7. The summed E-state index contributed by atoms with van der Waals surface area (Å²) in [5.74, 6) is 0.854. The van der Waals surface area contributed by atoms with Crippen molar-refractivity contribution in [3.8, 4) is 5.75 Å². The molecule has 3 aromatic rings. The van der Waals surface area contributed by atoms with Crippen molar-refractivity contribution >= 4 is 45.0 Å². The highest BCUT2D eigenvalue weighted by atomic mass is 35.5. The predicted molar refractivity (Wildman–Crippen MR) is 139 cm³/mol. The Morgan fingerprint density at radius 2 is 1.86 bits per heavy atom. The Hall–Kier alpha value is -3.05. The standard InChI is InChI=1S/C24H27ClN6O3S/c1-28-10-12-29(13-11-28)22-7-6-18(14-21(22)25)31-23-17(16-27-24(31)26)8-9-30(23)35(32,33)20-5-3-4-19(15-20)34-2/h3-9,14-16,24H,10-13,26H2,1-2H3. The van der Waals surface area contributed by atoms with Gasteiger partial charge in [0.05, 0.1) is 22.7 Å². The molecule has 1 saturated heterocycles. The molecule has 1 aromatic heterocycles. The maximum Gasteiger partial charge on any atom is 0.269 e. The van der Waals surface area contributed by atoms with Gasteiger partial charge in [0.1, 0.15) is 11.6 Å². The Morgan fingerprint density at radius 3 is 2.57 bits per heavy atom. The highest BCUT2D eigenvalue weighted by Crippen LogP contribution is 2.39. The van der Waals surface area contributed by atoms with E-state index in [1.165, 1.54) is 29.4 Å². The average molecular weight is 515 g/mol. The van der Waals surface area contributed by atoms with E-state index >= 15 is 0 Å². The molecule has 1 atom stereocenters. The van der Waals surface area contributed by atoms with Crippen LogP contribution in [0.15, 0.2) is 64.6 Å². The molecule has 2 aliphatic rings. The fourth-order valence-corrected chi connectivity index (χ4v) is 6.09. The summed E-state index contributed by atoms with van der Waals surface area (Å²) < 4.78 is 33.7. The van der Waals surface area contributed by atoms with Crippen molar-refractivity contribution in [2.24, 2.45) is 10.7 Å². The van der Waals surface area contributed by atoms with E-state index in [-0.39, 0.29) is 4.90 Å². The molecule has 0 saturated carbocycles. The van der Waals surface area contributed by atoms with Crippen molar-refractivity contribution in [3.05, 3.63) is 65.3 Å². The zero-order valence-electron chi connectivity index (χ0n) is 19.5. The summed E-state index contributed by atoms with van der Waals surface area (Å²) in [5, 5.41) is 0.573. The second-order valence-electron chi connectivity index (χ2n) is 8.56. The number of nitrogens with two attached hydrogens (primary N) is 1. The van der Waals surface area contributed by atoms with E-state index in [1.807, 2.05) is 18.2 Å². The molecule has 11 heteroatoms. The number of hydrogen-bond donors (Lipinski definition) is 1. The van der Waals surface area contributed by atoms with Gasteiger partial charge in [-0.3, -0.25) is 15.6 Å². The molecular formula is C24H27ClN6O3S. The molecule has 0 aliphatic carbocycles. The molecular weight excluding hydrogens is 488 g/mol. The molecule has 35 heavy (non-hydrogen) atoms. The molecule has 2 aliphatic heterocycles. The van der Waals surface area contributed by atoms with Crippen molar-refractivity contribution in [2.45, 2.75) is 11.2 Å². The molecule has 1 fully saturated rings. The normalized spacial score (nSPS) is 18.6. The molecule has 1 unspecified atom stereocenters. The number of fused-ring (bicyclic) bond motifs is 1. The first-order valence-corrected chi connectivity index (χ1v) is 13.0. The molecule has 184 valence electrons. The van der Waals surface area contributed by atoms with Crippen LogP contribution in [0.5, 0.6) is 5.75 Å². The lowest BCUT2D eigenvalue weighted by Gasteiger charge is -2.36. The Labute approximate surface area is 210 Å². The summed E-state index contributed by atoms with van der Waals surface area (Å²) in [4.78, 5) is 10.7. The quantitative estimate of drug-likeness (QED) is 0.559. The molecule has 0 radical (unpaired) electrons. The summed E-state index contributed by atoms with van der Waals surface area (Å²) in [6.45, 7) is 3.69. The van der Waals surface area contributed by atoms with Gasteiger partial charge in [-0.1, -0.05) is 17.7 Å². The molecule has 0 bridgehead atoms. The van der Waals surface area contributed by atoms with Crippen LogP contribution in [0.25, 0.3) is 0 Å². The van der Waals surface area contributed by atoms with E-state index < -0.39 is 16.3 Å². The number of aliphatic imine (C=N–C) groups is 1. The van der Waals surface area contributed by atoms with E-state index in [1.54, 1.807) is 29.3 Å². The minimum Gasteiger partial charge on any atom is -0.497 e. The van der Waals surface area contributed by atoms with Gasteiger partial charge in [0.2, 0.25) is 0 Å². The Bertz CT molecular complexity index is 1380. The monoisotopic (exact) mass is 514 g/mol. The summed E-state index contributed by atoms with van der Waals surface area (Å²) in [7, 11) is -0.343. The second-order valence-corrected chi connectivity index (χ2v) is 10.8. The Morgan fingerprint density at radius 1 is 1.09 bits per heavy atom. The smallest absolute Gasteiger partial charge is 0.269 e. The zero-order valence-corrected chi connectivity index (χ0v) is 21.1. The summed E-state index contributed by atoms with van der Waals surface area (Å²) in [6.07, 6.45) is 2.28. The highest BCUT2D eigenvalue weighted by molar-refractivity contribution is 7.90. The molecule has 0 spiro atoms. The fourth-order valence-electron chi connectivity index (χ4n) is 4.41. The van der Waals surface area contributed by atoms with Gasteiger partial charge in [0.25, 0.3) is 10.0 Å². The van der Waals surface area contributed by atoms with E-state index in [0.717, 1.165) is 31.9 Å². The number of nitrogens with zero attached hydrogens (tertiary/aromatic N) is 5. The van der Waals surface area contributed by atoms with Gasteiger partial charge in [-0.05, 0) is 43.4 Å². The topological polar surface area (TPSA) is 96.4 Å². The van der Waals surface area contributed by atoms with Gasteiger partial charge in [0.15, 0.2) is 6.29 Å². The highest BCUT2D eigenvalue weighted by Gasteiger charge is 2.31. The molecule has 3 heterocycles. The van der Waals surface area contributed by atoms with Crippen LogP contribution < -0.4 is 20.3 Å². The van der Waals surface area contributed by atoms with Crippen LogP contribution in [-0.2, 0) is 10.0 Å². The lowest BCUT2D eigenvalue weighted by Crippen LogP contribution is -2.44. The number of aromatic nitrogens is 1. The van der Waals surface area contributed by atoms with Crippen molar-refractivity contribution in [2.75, 3.05) is 50.1 Å². The van der Waals surface area contributed by atoms with E-state index in [2.05, 4.69) is 21.8 Å². The number of halogens is 1. The Kier molecular flexibility index (Phi) is 6.22. The molecule has 5 rings (SSSR count). The maximum absolute atomic E-state index is 13.6. The van der Waals surface area contributed by atoms with Crippen LogP contribution in [0.4, 0.5) is 17.2 Å². The average Bonchev–Trinajstić information content (AvgIpc) is 3.29. The SMILES string of the molecule is COc1cccc(S(=O)(=O)n2ccc3c2N(c2ccc(N4CCN(C)CC4)c(Cl)c2)C(N)N=C3)c1. The van der Waals surface area contributed by atoms with Gasteiger partial charge in [-0.2, -0.15) is 0 Å². The summed E-state index contributed by atoms with van der Waals surface area (Å²) >= 11 is 6.73. The van der Waals surface area contributed by atoms with E-state index in [4.69, 9.17) is 22.1 Å². The third kappa shape index (κ3) is 4.27. The lowest BCUT2D eigenvalue weighted by molar-refractivity contribution is 0.313. The minimum absolute atomic E-state index is 0.106. The van der Waals surface area contributed by atoms with Crippen molar-refractivity contribution in [1.82, 2.24) is 8.87 Å². The van der Waals surface area contributed by atoms with E-state index in [9.17, 15) is 8.42 Å². The van der Waals surface area contributed by atoms with Gasteiger partial charge in [0, 0.05) is 55.9 Å². The van der Waals surface area contributed by atoms with Crippen molar-refractivity contribution in [3.63, 3.8) is 0 Å². The number of piperazine rings is 1. The number of methoxy groups -OCH3 is 1. The number of benzene rings is 2. The zero-order chi connectivity index (χ0) is 24.7. The number of ether oxygens (including phenoxy) is 1. The number of likely N-dealkylation sites (N-methyl/N-ethyl adjacent to an activating group) is 1. The lowest BCUT2D eigenvalue weighted by atomic mass is 10.2. The van der Waals surface area contributed by atoms with Crippen molar-refractivity contribution < 1.29 is 13.2 Å². The Balaban J connectivity index is 1.55. The number of hydrogen-bond acceptors (Lipinski definition) is 8. The third-order valence-electron chi connectivity index (χ3n) is 6.37. The molecule has 0 amide bonds. The first-order valence-electron chi connectivity index (χ1n) is 11.2. The van der Waals surface area contributed by atoms with Crippen LogP contribution in [0, 0.1) is 0 Å². The largest absolute Gasteiger partial charge is 0.497 e. The summed E-state index contributed by atoms with van der Waals surface area (Å²) in [6, 6.07) is 13.7. The van der Waals surface area contributed by atoms with E-state index in [0.29, 0.717) is 27.8 Å². The number of anilines is 3. The third-order valence-corrected chi connectivity index (χ3v) is 8.33. The summed E-state index contributed by atoms with van der Waals surface area (Å²) in [5.41, 5.74) is 8.60. The van der Waals surface area contributed by atoms with Gasteiger partial charge < -0.3 is 14.5 Å². The van der Waals surface area contributed by atoms with Crippen LogP contribution in [0.3, 0.4) is 0 Å². The molecule has 9 nitrogen and oxygen atoms in total. The molecule has 2 aromatic carbocycles. The van der Waals surface area contributed by atoms with Crippen molar-refractivity contribution in [1.29, 1.82) is 0 Å². The van der Waals surface area contributed by atoms with Crippen LogP contribution in [0.2, 0.25) is 5.02 Å². The fraction of sp³-hybridized carbons (Fsp3) is 0.292.